The van der Waals surface area contributed by atoms with Crippen LogP contribution in [0.3, 0.4) is 0 Å². The van der Waals surface area contributed by atoms with Crippen molar-refractivity contribution in [3.05, 3.63) is 22.7 Å². The molecule has 0 heterocycles. The summed E-state index contributed by atoms with van der Waals surface area (Å²) in [5, 5.41) is 0.210. The van der Waals surface area contributed by atoms with Gasteiger partial charge in [0.1, 0.15) is 5.78 Å². The molecule has 0 bridgehead atoms. The molecule has 1 aromatic carbocycles. The summed E-state index contributed by atoms with van der Waals surface area (Å²) in [7, 11) is 2.95. The van der Waals surface area contributed by atoms with E-state index in [4.69, 9.17) is 21.1 Å². The third-order valence-corrected chi connectivity index (χ3v) is 3.17. The molecule has 4 nitrogen and oxygen atoms in total. The van der Waals surface area contributed by atoms with E-state index in [1.807, 2.05) is 0 Å². The van der Waals surface area contributed by atoms with E-state index < -0.39 is 5.92 Å². The minimum atomic E-state index is -0.409. The molecule has 0 N–H and O–H groups in total. The Balaban J connectivity index is 3.14. The molecule has 0 saturated heterocycles. The van der Waals surface area contributed by atoms with Crippen LogP contribution in [0.15, 0.2) is 12.1 Å². The Bertz CT molecular complexity index is 496. The van der Waals surface area contributed by atoms with Crippen LogP contribution in [-0.4, -0.2) is 25.8 Å². The number of hydrogen-bond acceptors (Lipinski definition) is 4. The van der Waals surface area contributed by atoms with E-state index in [0.29, 0.717) is 17.1 Å². The highest BCUT2D eigenvalue weighted by atomic mass is 35.5. The predicted octanol–water partition coefficient (Wildman–Crippen LogP) is 3.16. The summed E-state index contributed by atoms with van der Waals surface area (Å²) in [6, 6.07) is 3.21. The normalized spacial score (nSPS) is 11.8. The van der Waals surface area contributed by atoms with Gasteiger partial charge in [0, 0.05) is 17.9 Å². The molecule has 0 amide bonds. The number of hydrogen-bond donors (Lipinski definition) is 0. The lowest BCUT2D eigenvalue weighted by Crippen LogP contribution is -2.15. The summed E-state index contributed by atoms with van der Waals surface area (Å²) in [5.74, 6) is 0.167. The Labute approximate surface area is 117 Å². The molecule has 0 radical (unpaired) electrons. The number of rotatable bonds is 6. The molecular formula is C14H17ClO4. The Morgan fingerprint density at radius 3 is 2.37 bits per heavy atom. The van der Waals surface area contributed by atoms with Gasteiger partial charge in [-0.1, -0.05) is 18.5 Å². The first-order valence-corrected chi connectivity index (χ1v) is 6.24. The number of carbonyl (C=O) groups is 2. The smallest absolute Gasteiger partial charge is 0.180 e. The summed E-state index contributed by atoms with van der Waals surface area (Å²) < 4.78 is 10.2. The van der Waals surface area contributed by atoms with Crippen LogP contribution in [0.1, 0.15) is 30.6 Å². The van der Waals surface area contributed by atoms with E-state index >= 15 is 0 Å². The van der Waals surface area contributed by atoms with Gasteiger partial charge in [0.15, 0.2) is 17.3 Å². The Hall–Kier alpha value is -1.55. The van der Waals surface area contributed by atoms with Crippen LogP contribution < -0.4 is 9.47 Å². The van der Waals surface area contributed by atoms with Crippen LogP contribution in [-0.2, 0) is 4.79 Å². The van der Waals surface area contributed by atoms with Crippen LogP contribution in [0.25, 0.3) is 0 Å². The zero-order valence-corrected chi connectivity index (χ0v) is 12.2. The molecule has 5 heteroatoms. The molecule has 0 fully saturated rings. The molecule has 0 aliphatic carbocycles. The largest absolute Gasteiger partial charge is 0.493 e. The average molecular weight is 285 g/mol. The topological polar surface area (TPSA) is 52.6 Å². The van der Waals surface area contributed by atoms with Gasteiger partial charge in [0.05, 0.1) is 19.2 Å². The highest BCUT2D eigenvalue weighted by Crippen LogP contribution is 2.38. The SMILES string of the molecule is COc1ccc(C(=O)C(C)CC(C)=O)c(Cl)c1OC. The molecular weight excluding hydrogens is 268 g/mol. The fourth-order valence-corrected chi connectivity index (χ4v) is 2.20. The van der Waals surface area contributed by atoms with E-state index in [2.05, 4.69) is 0 Å². The number of Topliss-reactive ketones (excluding diaryl/α,β-unsaturated/α-hetero) is 2. The molecule has 0 spiro atoms. The van der Waals surface area contributed by atoms with Crippen LogP contribution in [0.5, 0.6) is 11.5 Å². The van der Waals surface area contributed by atoms with Crippen molar-refractivity contribution in [2.24, 2.45) is 5.92 Å². The van der Waals surface area contributed by atoms with E-state index in [1.165, 1.54) is 21.1 Å². The number of ketones is 2. The van der Waals surface area contributed by atoms with E-state index in [-0.39, 0.29) is 23.0 Å². The minimum Gasteiger partial charge on any atom is -0.493 e. The van der Waals surface area contributed by atoms with Crippen molar-refractivity contribution in [2.45, 2.75) is 20.3 Å². The van der Waals surface area contributed by atoms with Gasteiger partial charge in [-0.05, 0) is 19.1 Å². The Kier molecular flexibility index (Phi) is 5.36. The van der Waals surface area contributed by atoms with Crippen LogP contribution in [0.4, 0.5) is 0 Å². The lowest BCUT2D eigenvalue weighted by molar-refractivity contribution is -0.117. The van der Waals surface area contributed by atoms with Crippen LogP contribution in [0, 0.1) is 5.92 Å². The first-order valence-electron chi connectivity index (χ1n) is 5.86. The van der Waals surface area contributed by atoms with Gasteiger partial charge in [0.25, 0.3) is 0 Å². The molecule has 104 valence electrons. The maximum atomic E-state index is 12.2. The van der Waals surface area contributed by atoms with Crippen molar-refractivity contribution in [3.8, 4) is 11.5 Å². The molecule has 1 rings (SSSR count). The van der Waals surface area contributed by atoms with Crippen molar-refractivity contribution >= 4 is 23.2 Å². The molecule has 0 saturated carbocycles. The summed E-state index contributed by atoms with van der Waals surface area (Å²) in [4.78, 5) is 23.3. The Morgan fingerprint density at radius 1 is 1.26 bits per heavy atom. The summed E-state index contributed by atoms with van der Waals surface area (Å²) in [5.41, 5.74) is 0.341. The van der Waals surface area contributed by atoms with Crippen LogP contribution >= 0.6 is 11.6 Å². The number of methoxy groups -OCH3 is 2. The molecule has 19 heavy (non-hydrogen) atoms. The second-order valence-corrected chi connectivity index (χ2v) is 4.71. The molecule has 1 atom stereocenters. The number of benzene rings is 1. The maximum Gasteiger partial charge on any atom is 0.180 e. The van der Waals surface area contributed by atoms with Gasteiger partial charge >= 0.3 is 0 Å². The van der Waals surface area contributed by atoms with Gasteiger partial charge in [-0.15, -0.1) is 0 Å². The molecule has 1 aromatic rings. The number of halogens is 1. The summed E-state index contributed by atoms with van der Waals surface area (Å²) in [6.07, 6.45) is 0.198. The third-order valence-electron chi connectivity index (χ3n) is 2.79. The first-order chi connectivity index (χ1) is 8.92. The predicted molar refractivity (Wildman–Crippen MR) is 73.3 cm³/mol. The number of carbonyl (C=O) groups excluding carboxylic acids is 2. The van der Waals surface area contributed by atoms with Gasteiger partial charge in [-0.3, -0.25) is 4.79 Å². The Morgan fingerprint density at radius 2 is 1.89 bits per heavy atom. The highest BCUT2D eigenvalue weighted by Gasteiger charge is 2.23. The molecule has 0 aliphatic rings. The first kappa shape index (κ1) is 15.5. The van der Waals surface area contributed by atoms with Gasteiger partial charge in [-0.25, -0.2) is 0 Å². The third kappa shape index (κ3) is 3.47. The van der Waals surface area contributed by atoms with Crippen LogP contribution in [0.2, 0.25) is 5.02 Å². The van der Waals surface area contributed by atoms with Gasteiger partial charge < -0.3 is 14.3 Å². The fraction of sp³-hybridized carbons (Fsp3) is 0.429. The van der Waals surface area contributed by atoms with Crippen molar-refractivity contribution in [1.82, 2.24) is 0 Å². The maximum absolute atomic E-state index is 12.2. The van der Waals surface area contributed by atoms with Crippen molar-refractivity contribution in [1.29, 1.82) is 0 Å². The zero-order valence-electron chi connectivity index (χ0n) is 11.5. The van der Waals surface area contributed by atoms with Crippen molar-refractivity contribution in [2.75, 3.05) is 14.2 Å². The lowest BCUT2D eigenvalue weighted by atomic mass is 9.94. The fourth-order valence-electron chi connectivity index (χ4n) is 1.87. The van der Waals surface area contributed by atoms with Gasteiger partial charge in [-0.2, -0.15) is 0 Å². The van der Waals surface area contributed by atoms with Crippen molar-refractivity contribution in [3.63, 3.8) is 0 Å². The molecule has 0 aromatic heterocycles. The number of ether oxygens (including phenoxy) is 2. The average Bonchev–Trinajstić information content (AvgIpc) is 2.36. The standard InChI is InChI=1S/C14H17ClO4/c1-8(7-9(2)16)13(17)10-5-6-11(18-3)14(19-4)12(10)15/h5-6,8H,7H2,1-4H3. The quantitative estimate of drug-likeness (QED) is 0.753. The van der Waals surface area contributed by atoms with E-state index in [0.717, 1.165) is 0 Å². The second kappa shape index (κ2) is 6.57. The highest BCUT2D eigenvalue weighted by molar-refractivity contribution is 6.35. The minimum absolute atomic E-state index is 0.0301. The second-order valence-electron chi connectivity index (χ2n) is 4.33. The zero-order chi connectivity index (χ0) is 14.6. The van der Waals surface area contributed by atoms with Gasteiger partial charge in [0.2, 0.25) is 0 Å². The summed E-state index contributed by atoms with van der Waals surface area (Å²) >= 11 is 6.16. The van der Waals surface area contributed by atoms with Crippen molar-refractivity contribution < 1.29 is 19.1 Å². The molecule has 1 unspecified atom stereocenters. The molecule has 0 aliphatic heterocycles. The van der Waals surface area contributed by atoms with E-state index in [1.54, 1.807) is 19.1 Å². The summed E-state index contributed by atoms with van der Waals surface area (Å²) in [6.45, 7) is 3.16. The van der Waals surface area contributed by atoms with E-state index in [9.17, 15) is 9.59 Å². The lowest BCUT2D eigenvalue weighted by Gasteiger charge is -2.14. The monoisotopic (exact) mass is 284 g/mol.